The highest BCUT2D eigenvalue weighted by Gasteiger charge is 2.15. The Kier molecular flexibility index (Phi) is 5.52. The minimum Gasteiger partial charge on any atom is -0.379 e. The Morgan fingerprint density at radius 2 is 2.10 bits per heavy atom. The smallest absolute Gasteiger partial charge is 0.224 e. The molecule has 0 atom stereocenters. The van der Waals surface area contributed by atoms with Crippen molar-refractivity contribution in [3.05, 3.63) is 22.5 Å². The van der Waals surface area contributed by atoms with Gasteiger partial charge in [-0.25, -0.2) is 0 Å². The fourth-order valence-electron chi connectivity index (χ4n) is 2.60. The van der Waals surface area contributed by atoms with Gasteiger partial charge in [0, 0.05) is 31.9 Å². The summed E-state index contributed by atoms with van der Waals surface area (Å²) in [5.41, 5.74) is 3.23. The third-order valence-corrected chi connectivity index (χ3v) is 3.94. The number of hydrogen-bond acceptors (Lipinski definition) is 4. The van der Waals surface area contributed by atoms with Gasteiger partial charge >= 0.3 is 0 Å². The van der Waals surface area contributed by atoms with Crippen molar-refractivity contribution in [1.82, 2.24) is 15.2 Å². The number of aromatic nitrogens is 1. The first-order valence-corrected chi connectivity index (χ1v) is 7.32. The monoisotopic (exact) mass is 293 g/mol. The van der Waals surface area contributed by atoms with Gasteiger partial charge in [0.2, 0.25) is 5.91 Å². The van der Waals surface area contributed by atoms with Crippen LogP contribution in [0.15, 0.2) is 0 Å². The molecule has 1 aromatic heterocycles. The standard InChI is InChI=1S/C15H23N3O3/c1-11-13(12(2)17-14(11)10-19)9-15(20)16-3-4-18-5-7-21-8-6-18/h10,17H,3-9H2,1-2H3,(H,16,20). The second-order valence-corrected chi connectivity index (χ2v) is 5.37. The van der Waals surface area contributed by atoms with Gasteiger partial charge in [-0.15, -0.1) is 0 Å². The number of aromatic amines is 1. The summed E-state index contributed by atoms with van der Waals surface area (Å²) in [6.45, 7) is 8.62. The minimum absolute atomic E-state index is 0.00842. The van der Waals surface area contributed by atoms with Crippen molar-refractivity contribution in [3.63, 3.8) is 0 Å². The quantitative estimate of drug-likeness (QED) is 0.746. The molecule has 2 heterocycles. The van der Waals surface area contributed by atoms with E-state index in [2.05, 4.69) is 15.2 Å². The molecule has 0 unspecified atom stereocenters. The lowest BCUT2D eigenvalue weighted by atomic mass is 10.1. The summed E-state index contributed by atoms with van der Waals surface area (Å²) in [5, 5.41) is 2.94. The Labute approximate surface area is 124 Å². The largest absolute Gasteiger partial charge is 0.379 e. The summed E-state index contributed by atoms with van der Waals surface area (Å²) in [7, 11) is 0. The van der Waals surface area contributed by atoms with Crippen LogP contribution in [0.25, 0.3) is 0 Å². The van der Waals surface area contributed by atoms with Gasteiger partial charge in [0.1, 0.15) is 0 Å². The lowest BCUT2D eigenvalue weighted by molar-refractivity contribution is -0.120. The number of carbonyl (C=O) groups is 2. The van der Waals surface area contributed by atoms with E-state index in [1.54, 1.807) is 0 Å². The molecule has 1 amide bonds. The number of aldehydes is 1. The van der Waals surface area contributed by atoms with Gasteiger partial charge < -0.3 is 15.0 Å². The first-order chi connectivity index (χ1) is 10.1. The van der Waals surface area contributed by atoms with Crippen LogP contribution in [0.3, 0.4) is 0 Å². The van der Waals surface area contributed by atoms with Crippen LogP contribution in [0.1, 0.15) is 27.3 Å². The van der Waals surface area contributed by atoms with E-state index >= 15 is 0 Å². The molecule has 0 aliphatic carbocycles. The molecule has 0 aromatic carbocycles. The average molecular weight is 293 g/mol. The molecule has 1 aliphatic rings. The second kappa shape index (κ2) is 7.38. The van der Waals surface area contributed by atoms with Crippen molar-refractivity contribution >= 4 is 12.2 Å². The first-order valence-electron chi connectivity index (χ1n) is 7.32. The van der Waals surface area contributed by atoms with E-state index in [0.717, 1.165) is 56.0 Å². The van der Waals surface area contributed by atoms with E-state index < -0.39 is 0 Å². The van der Waals surface area contributed by atoms with Crippen LogP contribution in [0, 0.1) is 13.8 Å². The highest BCUT2D eigenvalue weighted by Crippen LogP contribution is 2.16. The van der Waals surface area contributed by atoms with Crippen LogP contribution in [0.5, 0.6) is 0 Å². The second-order valence-electron chi connectivity index (χ2n) is 5.37. The summed E-state index contributed by atoms with van der Waals surface area (Å²) in [4.78, 5) is 28.2. The van der Waals surface area contributed by atoms with Gasteiger partial charge in [-0.2, -0.15) is 0 Å². The summed E-state index contributed by atoms with van der Waals surface area (Å²) >= 11 is 0. The molecule has 0 bridgehead atoms. The van der Waals surface area contributed by atoms with Gasteiger partial charge in [-0.05, 0) is 25.0 Å². The molecule has 1 saturated heterocycles. The van der Waals surface area contributed by atoms with E-state index in [4.69, 9.17) is 4.74 Å². The van der Waals surface area contributed by atoms with Crippen LogP contribution in [-0.4, -0.2) is 61.5 Å². The number of ether oxygens (including phenoxy) is 1. The van der Waals surface area contributed by atoms with Crippen molar-refractivity contribution in [2.45, 2.75) is 20.3 Å². The Morgan fingerprint density at radius 1 is 1.38 bits per heavy atom. The van der Waals surface area contributed by atoms with E-state index in [9.17, 15) is 9.59 Å². The lowest BCUT2D eigenvalue weighted by Gasteiger charge is -2.26. The summed E-state index contributed by atoms with van der Waals surface area (Å²) in [5.74, 6) is -0.00842. The van der Waals surface area contributed by atoms with Crippen molar-refractivity contribution < 1.29 is 14.3 Å². The number of aryl methyl sites for hydroxylation is 1. The zero-order valence-electron chi connectivity index (χ0n) is 12.7. The average Bonchev–Trinajstić information content (AvgIpc) is 2.76. The molecule has 116 valence electrons. The van der Waals surface area contributed by atoms with Gasteiger partial charge in [-0.3, -0.25) is 14.5 Å². The Balaban J connectivity index is 1.79. The number of carbonyl (C=O) groups excluding carboxylic acids is 2. The van der Waals surface area contributed by atoms with E-state index in [-0.39, 0.29) is 5.91 Å². The van der Waals surface area contributed by atoms with E-state index in [1.165, 1.54) is 0 Å². The van der Waals surface area contributed by atoms with Crippen LogP contribution in [-0.2, 0) is 16.0 Å². The molecule has 6 nitrogen and oxygen atoms in total. The summed E-state index contributed by atoms with van der Waals surface area (Å²) < 4.78 is 5.28. The Hall–Kier alpha value is -1.66. The minimum atomic E-state index is -0.00842. The fraction of sp³-hybridized carbons (Fsp3) is 0.600. The number of amides is 1. The van der Waals surface area contributed by atoms with Gasteiger partial charge in [0.25, 0.3) is 0 Å². The molecule has 21 heavy (non-hydrogen) atoms. The predicted octanol–water partition coefficient (Wildman–Crippen LogP) is 0.435. The van der Waals surface area contributed by atoms with Crippen molar-refractivity contribution in [2.24, 2.45) is 0 Å². The van der Waals surface area contributed by atoms with Crippen LogP contribution >= 0.6 is 0 Å². The molecule has 1 aliphatic heterocycles. The molecule has 0 radical (unpaired) electrons. The molecule has 6 heteroatoms. The van der Waals surface area contributed by atoms with Gasteiger partial charge in [-0.1, -0.05) is 0 Å². The normalized spacial score (nSPS) is 15.9. The number of hydrogen-bond donors (Lipinski definition) is 2. The SMILES string of the molecule is Cc1[nH]c(C=O)c(C)c1CC(=O)NCCN1CCOCC1. The number of nitrogens with one attached hydrogen (secondary N) is 2. The van der Waals surface area contributed by atoms with Crippen molar-refractivity contribution in [1.29, 1.82) is 0 Å². The summed E-state index contributed by atoms with van der Waals surface area (Å²) in [6.07, 6.45) is 1.10. The molecule has 2 rings (SSSR count). The Bertz CT molecular complexity index is 505. The number of morpholine rings is 1. The lowest BCUT2D eigenvalue weighted by Crippen LogP contribution is -2.41. The third-order valence-electron chi connectivity index (χ3n) is 3.94. The number of rotatable bonds is 6. The highest BCUT2D eigenvalue weighted by molar-refractivity contribution is 5.82. The van der Waals surface area contributed by atoms with Crippen molar-refractivity contribution in [3.8, 4) is 0 Å². The Morgan fingerprint density at radius 3 is 2.71 bits per heavy atom. The molecule has 0 saturated carbocycles. The van der Waals surface area contributed by atoms with E-state index in [1.807, 2.05) is 13.8 Å². The topological polar surface area (TPSA) is 74.4 Å². The highest BCUT2D eigenvalue weighted by atomic mass is 16.5. The molecular formula is C15H23N3O3. The third kappa shape index (κ3) is 4.15. The van der Waals surface area contributed by atoms with Crippen molar-refractivity contribution in [2.75, 3.05) is 39.4 Å². The maximum Gasteiger partial charge on any atom is 0.224 e. The molecule has 2 N–H and O–H groups in total. The molecule has 0 spiro atoms. The fourth-order valence-corrected chi connectivity index (χ4v) is 2.60. The zero-order valence-corrected chi connectivity index (χ0v) is 12.7. The number of H-pyrrole nitrogens is 1. The maximum absolute atomic E-state index is 12.0. The maximum atomic E-state index is 12.0. The molecule has 1 fully saturated rings. The summed E-state index contributed by atoms with van der Waals surface area (Å²) in [6, 6.07) is 0. The van der Waals surface area contributed by atoms with Gasteiger partial charge in [0.15, 0.2) is 6.29 Å². The van der Waals surface area contributed by atoms with Crippen LogP contribution in [0.2, 0.25) is 0 Å². The first kappa shape index (κ1) is 15.7. The van der Waals surface area contributed by atoms with Crippen LogP contribution < -0.4 is 5.32 Å². The predicted molar refractivity (Wildman–Crippen MR) is 79.6 cm³/mol. The zero-order chi connectivity index (χ0) is 15.2. The van der Waals surface area contributed by atoms with Gasteiger partial charge in [0.05, 0.1) is 25.3 Å². The van der Waals surface area contributed by atoms with E-state index in [0.29, 0.717) is 18.7 Å². The molecular weight excluding hydrogens is 270 g/mol. The number of nitrogens with zero attached hydrogens (tertiary/aromatic N) is 1. The van der Waals surface area contributed by atoms with Crippen LogP contribution in [0.4, 0.5) is 0 Å². The molecule has 1 aromatic rings.